The molecule has 0 N–H and O–H groups in total. The molecule has 3 heteroatoms. The molecule has 7 aromatic carbocycles. The van der Waals surface area contributed by atoms with Crippen molar-refractivity contribution in [2.24, 2.45) is 0 Å². The molecule has 0 aromatic heterocycles. The van der Waals surface area contributed by atoms with E-state index in [0.29, 0.717) is 0 Å². The molecule has 0 aliphatic carbocycles. The molecule has 0 atom stereocenters. The second-order valence-electron chi connectivity index (χ2n) is 14.3. The van der Waals surface area contributed by atoms with Crippen molar-refractivity contribution in [3.63, 3.8) is 0 Å². The molecular formula is C45H37BN2. The Labute approximate surface area is 284 Å². The molecule has 9 rings (SSSR count). The first kappa shape index (κ1) is 28.7. The fourth-order valence-corrected chi connectivity index (χ4v) is 7.94. The largest absolute Gasteiger partial charge is 0.376 e. The molecule has 0 radical (unpaired) electrons. The molecule has 0 amide bonds. The minimum absolute atomic E-state index is 0.0226. The van der Waals surface area contributed by atoms with E-state index in [2.05, 4.69) is 189 Å². The summed E-state index contributed by atoms with van der Waals surface area (Å²) in [4.78, 5) is 5.10. The van der Waals surface area contributed by atoms with E-state index in [1.54, 1.807) is 0 Å². The maximum atomic E-state index is 2.56. The van der Waals surface area contributed by atoms with E-state index in [4.69, 9.17) is 0 Å². The smallest absolute Gasteiger partial charge is 0.333 e. The van der Waals surface area contributed by atoms with E-state index in [1.165, 1.54) is 83.5 Å². The van der Waals surface area contributed by atoms with Crippen molar-refractivity contribution in [2.75, 3.05) is 9.71 Å². The van der Waals surface area contributed by atoms with Crippen LogP contribution in [0.2, 0.25) is 0 Å². The first-order valence-electron chi connectivity index (χ1n) is 17.0. The van der Waals surface area contributed by atoms with Gasteiger partial charge in [-0.25, -0.2) is 0 Å². The van der Waals surface area contributed by atoms with Crippen molar-refractivity contribution in [1.29, 1.82) is 0 Å². The number of rotatable bonds is 3. The quantitative estimate of drug-likeness (QED) is 0.182. The molecule has 2 aliphatic heterocycles. The summed E-state index contributed by atoms with van der Waals surface area (Å²) in [6.07, 6.45) is 0. The average molecular weight is 617 g/mol. The number of hydrogen-bond acceptors (Lipinski definition) is 2. The van der Waals surface area contributed by atoms with Crippen LogP contribution in [0.15, 0.2) is 152 Å². The minimum atomic E-state index is 0.0226. The van der Waals surface area contributed by atoms with Crippen LogP contribution in [-0.2, 0) is 5.41 Å². The van der Waals surface area contributed by atoms with Gasteiger partial charge in [-0.1, -0.05) is 142 Å². The third-order valence-electron chi connectivity index (χ3n) is 10.3. The SMILES string of the molecule is Cc1ccc(N2B3c4ccccc4N(c4ccc5ccccc5c4-c4cccc(C(C)(C)C)c4)c4cccc(c43)-c3ccccc32)cc1. The van der Waals surface area contributed by atoms with Gasteiger partial charge in [0.25, 0.3) is 0 Å². The summed E-state index contributed by atoms with van der Waals surface area (Å²) < 4.78 is 0. The van der Waals surface area contributed by atoms with E-state index in [-0.39, 0.29) is 12.3 Å². The zero-order chi connectivity index (χ0) is 32.6. The Kier molecular flexibility index (Phi) is 6.42. The molecule has 0 saturated carbocycles. The summed E-state index contributed by atoms with van der Waals surface area (Å²) in [5.41, 5.74) is 16.4. The lowest BCUT2D eigenvalue weighted by molar-refractivity contribution is 0.590. The number of para-hydroxylation sites is 2. The predicted octanol–water partition coefficient (Wildman–Crippen LogP) is 10.8. The first-order chi connectivity index (χ1) is 23.4. The van der Waals surface area contributed by atoms with E-state index < -0.39 is 0 Å². The Bertz CT molecular complexity index is 2370. The molecule has 0 spiro atoms. The number of hydrogen-bond donors (Lipinski definition) is 0. The molecule has 0 unspecified atom stereocenters. The lowest BCUT2D eigenvalue weighted by Gasteiger charge is -2.46. The van der Waals surface area contributed by atoms with Gasteiger partial charge in [0, 0.05) is 33.9 Å². The molecule has 2 heterocycles. The second kappa shape index (κ2) is 10.8. The van der Waals surface area contributed by atoms with Gasteiger partial charge in [-0.3, -0.25) is 0 Å². The van der Waals surface area contributed by atoms with Gasteiger partial charge >= 0.3 is 6.85 Å². The van der Waals surface area contributed by atoms with Crippen LogP contribution in [0.3, 0.4) is 0 Å². The molecule has 0 fully saturated rings. The minimum Gasteiger partial charge on any atom is -0.376 e. The van der Waals surface area contributed by atoms with Gasteiger partial charge in [0.2, 0.25) is 0 Å². The number of aryl methyl sites for hydroxylation is 1. The molecule has 0 saturated heterocycles. The zero-order valence-electron chi connectivity index (χ0n) is 27.9. The van der Waals surface area contributed by atoms with Crippen molar-refractivity contribution in [3.8, 4) is 22.3 Å². The fourth-order valence-electron chi connectivity index (χ4n) is 7.94. The Morgan fingerprint density at radius 1 is 0.542 bits per heavy atom. The summed E-state index contributed by atoms with van der Waals surface area (Å²) in [6, 6.07) is 56.5. The van der Waals surface area contributed by atoms with Crippen LogP contribution >= 0.6 is 0 Å². The van der Waals surface area contributed by atoms with Crippen LogP contribution in [0, 0.1) is 6.92 Å². The van der Waals surface area contributed by atoms with Gasteiger partial charge in [0.05, 0.1) is 5.69 Å². The van der Waals surface area contributed by atoms with Crippen LogP contribution in [0.4, 0.5) is 28.4 Å². The molecule has 7 aromatic rings. The van der Waals surface area contributed by atoms with Gasteiger partial charge < -0.3 is 9.71 Å². The molecule has 2 aliphatic rings. The number of benzene rings is 7. The lowest BCUT2D eigenvalue weighted by atomic mass is 9.43. The third kappa shape index (κ3) is 4.34. The summed E-state index contributed by atoms with van der Waals surface area (Å²) >= 11 is 0. The molecular weight excluding hydrogens is 579 g/mol. The summed E-state index contributed by atoms with van der Waals surface area (Å²) in [5, 5.41) is 2.51. The highest BCUT2D eigenvalue weighted by Crippen LogP contribution is 2.49. The van der Waals surface area contributed by atoms with Crippen molar-refractivity contribution >= 4 is 57.0 Å². The van der Waals surface area contributed by atoms with Gasteiger partial charge in [0.1, 0.15) is 0 Å². The zero-order valence-corrected chi connectivity index (χ0v) is 27.9. The Morgan fingerprint density at radius 3 is 2.06 bits per heavy atom. The fraction of sp³-hybridized carbons (Fsp3) is 0.111. The number of nitrogens with zero attached hydrogens (tertiary/aromatic N) is 2. The highest BCUT2D eigenvalue weighted by Gasteiger charge is 2.44. The highest BCUT2D eigenvalue weighted by molar-refractivity contribution is 6.93. The predicted molar refractivity (Wildman–Crippen MR) is 207 cm³/mol. The van der Waals surface area contributed by atoms with Crippen molar-refractivity contribution < 1.29 is 0 Å². The van der Waals surface area contributed by atoms with E-state index in [9.17, 15) is 0 Å². The van der Waals surface area contributed by atoms with E-state index >= 15 is 0 Å². The summed E-state index contributed by atoms with van der Waals surface area (Å²) in [6.45, 7) is 9.07. The molecule has 2 nitrogen and oxygen atoms in total. The van der Waals surface area contributed by atoms with Gasteiger partial charge in [0.15, 0.2) is 0 Å². The summed E-state index contributed by atoms with van der Waals surface area (Å²) in [7, 11) is 0. The highest BCUT2D eigenvalue weighted by atomic mass is 15.2. The van der Waals surface area contributed by atoms with Crippen molar-refractivity contribution in [3.05, 3.63) is 163 Å². The molecule has 0 bridgehead atoms. The lowest BCUT2D eigenvalue weighted by Crippen LogP contribution is -2.61. The standard InChI is InChI=1S/C45H37BN2/c1-30-23-26-34(27-24-30)48-39-20-9-7-17-36(39)37-18-12-22-42-44(37)46(48)38-19-8-10-21-40(38)47(42)41-28-25-31-13-5-6-16-35(31)43(41)32-14-11-15-33(29-32)45(2,3)4/h5-29H,1-4H3. The topological polar surface area (TPSA) is 6.48 Å². The van der Waals surface area contributed by atoms with Crippen LogP contribution in [0.5, 0.6) is 0 Å². The first-order valence-corrected chi connectivity index (χ1v) is 17.0. The van der Waals surface area contributed by atoms with E-state index in [1.807, 2.05) is 0 Å². The van der Waals surface area contributed by atoms with E-state index in [0.717, 1.165) is 0 Å². The number of fused-ring (bicyclic) bond motifs is 5. The van der Waals surface area contributed by atoms with Crippen LogP contribution < -0.4 is 20.6 Å². The second-order valence-corrected chi connectivity index (χ2v) is 14.3. The van der Waals surface area contributed by atoms with Gasteiger partial charge in [-0.05, 0) is 87.1 Å². The monoisotopic (exact) mass is 616 g/mol. The average Bonchev–Trinajstić information content (AvgIpc) is 3.11. The third-order valence-corrected chi connectivity index (χ3v) is 10.3. The maximum absolute atomic E-state index is 2.56. The Hall–Kier alpha value is -5.54. The molecule has 230 valence electrons. The van der Waals surface area contributed by atoms with Crippen LogP contribution in [0.25, 0.3) is 33.0 Å². The Morgan fingerprint density at radius 2 is 1.23 bits per heavy atom. The Balaban J connectivity index is 1.36. The number of anilines is 5. The normalized spacial score (nSPS) is 13.3. The van der Waals surface area contributed by atoms with Crippen molar-refractivity contribution in [1.82, 2.24) is 0 Å². The van der Waals surface area contributed by atoms with Gasteiger partial charge in [-0.2, -0.15) is 0 Å². The maximum Gasteiger partial charge on any atom is 0.333 e. The molecule has 48 heavy (non-hydrogen) atoms. The van der Waals surface area contributed by atoms with Crippen LogP contribution in [0.1, 0.15) is 31.9 Å². The summed E-state index contributed by atoms with van der Waals surface area (Å²) in [5.74, 6) is 0. The van der Waals surface area contributed by atoms with Gasteiger partial charge in [-0.15, -0.1) is 0 Å². The van der Waals surface area contributed by atoms with Crippen LogP contribution in [-0.4, -0.2) is 6.85 Å². The van der Waals surface area contributed by atoms with Crippen molar-refractivity contribution in [2.45, 2.75) is 33.1 Å².